The largest absolute Gasteiger partial charge is 0.496 e. The Kier molecular flexibility index (Phi) is 6.41. The van der Waals surface area contributed by atoms with Crippen molar-refractivity contribution in [1.29, 1.82) is 0 Å². The molecule has 122 valence electrons. The predicted molar refractivity (Wildman–Crippen MR) is 101 cm³/mol. The molecular formula is C19H24N2OS. The number of ether oxygens (including phenoxy) is 1. The van der Waals surface area contributed by atoms with Crippen molar-refractivity contribution in [1.82, 2.24) is 5.32 Å². The molecule has 0 amide bonds. The molecule has 23 heavy (non-hydrogen) atoms. The van der Waals surface area contributed by atoms with Gasteiger partial charge in [-0.2, -0.15) is 0 Å². The molecule has 2 N–H and O–H groups in total. The fourth-order valence-electron chi connectivity index (χ4n) is 2.43. The van der Waals surface area contributed by atoms with E-state index in [1.165, 1.54) is 16.7 Å². The first-order valence-corrected chi connectivity index (χ1v) is 8.25. The summed E-state index contributed by atoms with van der Waals surface area (Å²) in [7, 11) is 1.71. The molecule has 0 aliphatic heterocycles. The number of nitrogens with one attached hydrogen (secondary N) is 2. The molecule has 3 nitrogen and oxygen atoms in total. The lowest BCUT2D eigenvalue weighted by Crippen LogP contribution is -2.29. The van der Waals surface area contributed by atoms with E-state index in [4.69, 9.17) is 17.0 Å². The van der Waals surface area contributed by atoms with Gasteiger partial charge in [0.25, 0.3) is 0 Å². The number of hydrogen-bond acceptors (Lipinski definition) is 2. The van der Waals surface area contributed by atoms with E-state index in [0.717, 1.165) is 30.8 Å². The third-order valence-corrected chi connectivity index (χ3v) is 3.99. The first-order valence-electron chi connectivity index (χ1n) is 7.84. The summed E-state index contributed by atoms with van der Waals surface area (Å²) < 4.78 is 5.37. The van der Waals surface area contributed by atoms with E-state index in [-0.39, 0.29) is 0 Å². The van der Waals surface area contributed by atoms with Gasteiger partial charge in [0.15, 0.2) is 5.11 Å². The molecule has 0 aliphatic carbocycles. The van der Waals surface area contributed by atoms with Crippen LogP contribution in [0.15, 0.2) is 42.5 Å². The van der Waals surface area contributed by atoms with Gasteiger partial charge in [-0.1, -0.05) is 30.3 Å². The van der Waals surface area contributed by atoms with E-state index in [1.807, 2.05) is 18.2 Å². The van der Waals surface area contributed by atoms with Crippen LogP contribution in [-0.2, 0) is 6.42 Å². The zero-order valence-electron chi connectivity index (χ0n) is 14.0. The van der Waals surface area contributed by atoms with Crippen molar-refractivity contribution in [2.75, 3.05) is 19.0 Å². The summed E-state index contributed by atoms with van der Waals surface area (Å²) in [6.07, 6.45) is 1.96. The highest BCUT2D eigenvalue weighted by Crippen LogP contribution is 2.18. The van der Waals surface area contributed by atoms with Crippen LogP contribution in [0, 0.1) is 13.8 Å². The molecule has 0 aliphatic rings. The Morgan fingerprint density at radius 3 is 2.70 bits per heavy atom. The maximum absolute atomic E-state index is 5.37. The van der Waals surface area contributed by atoms with Gasteiger partial charge in [-0.15, -0.1) is 0 Å². The smallest absolute Gasteiger partial charge is 0.170 e. The monoisotopic (exact) mass is 328 g/mol. The molecule has 2 aromatic carbocycles. The fraction of sp³-hybridized carbons (Fsp3) is 0.316. The Labute approximate surface area is 144 Å². The van der Waals surface area contributed by atoms with Crippen LogP contribution in [0.4, 0.5) is 5.69 Å². The van der Waals surface area contributed by atoms with Crippen LogP contribution in [-0.4, -0.2) is 18.8 Å². The molecule has 0 aromatic heterocycles. The zero-order chi connectivity index (χ0) is 16.7. The number of thiocarbonyl (C=S) groups is 1. The van der Waals surface area contributed by atoms with E-state index >= 15 is 0 Å². The van der Waals surface area contributed by atoms with Crippen molar-refractivity contribution in [2.45, 2.75) is 26.7 Å². The second-order valence-corrected chi connectivity index (χ2v) is 6.02. The van der Waals surface area contributed by atoms with Crippen LogP contribution in [0.3, 0.4) is 0 Å². The normalized spacial score (nSPS) is 10.2. The minimum Gasteiger partial charge on any atom is -0.496 e. The number of anilines is 1. The molecule has 0 saturated carbocycles. The lowest BCUT2D eigenvalue weighted by atomic mass is 10.1. The van der Waals surface area contributed by atoms with E-state index < -0.39 is 0 Å². The Balaban J connectivity index is 1.78. The second-order valence-electron chi connectivity index (χ2n) is 5.61. The fourth-order valence-corrected chi connectivity index (χ4v) is 2.64. The van der Waals surface area contributed by atoms with Gasteiger partial charge in [-0.05, 0) is 67.7 Å². The highest BCUT2D eigenvalue weighted by molar-refractivity contribution is 7.80. The van der Waals surface area contributed by atoms with E-state index in [1.54, 1.807) is 7.11 Å². The highest BCUT2D eigenvalue weighted by Gasteiger charge is 2.03. The Bertz CT molecular complexity index is 670. The quantitative estimate of drug-likeness (QED) is 0.614. The average Bonchev–Trinajstić information content (AvgIpc) is 2.55. The molecule has 0 unspecified atom stereocenters. The first-order chi connectivity index (χ1) is 11.1. The molecule has 0 saturated heterocycles. The van der Waals surface area contributed by atoms with Crippen molar-refractivity contribution < 1.29 is 4.74 Å². The van der Waals surface area contributed by atoms with E-state index in [2.05, 4.69) is 48.7 Å². The van der Waals surface area contributed by atoms with Crippen LogP contribution >= 0.6 is 12.2 Å². The van der Waals surface area contributed by atoms with Gasteiger partial charge >= 0.3 is 0 Å². The predicted octanol–water partition coefficient (Wildman–Crippen LogP) is 4.23. The Morgan fingerprint density at radius 1 is 1.13 bits per heavy atom. The van der Waals surface area contributed by atoms with Crippen molar-refractivity contribution >= 4 is 23.0 Å². The van der Waals surface area contributed by atoms with Gasteiger partial charge in [0.05, 0.1) is 7.11 Å². The number of rotatable bonds is 6. The Morgan fingerprint density at radius 2 is 1.91 bits per heavy atom. The first kappa shape index (κ1) is 17.3. The molecule has 0 bridgehead atoms. The van der Waals surface area contributed by atoms with Gasteiger partial charge in [-0.3, -0.25) is 0 Å². The minimum atomic E-state index is 0.665. The average molecular weight is 328 g/mol. The summed E-state index contributed by atoms with van der Waals surface area (Å²) in [6.45, 7) is 4.98. The molecule has 0 heterocycles. The molecule has 0 fully saturated rings. The van der Waals surface area contributed by atoms with Crippen molar-refractivity contribution in [2.24, 2.45) is 0 Å². The molecular weight excluding hydrogens is 304 g/mol. The maximum atomic E-state index is 5.37. The standard InChI is InChI=1S/C19H24N2OS/c1-14-10-11-15(2)17(13-14)21-19(23)20-12-6-8-16-7-4-5-9-18(16)22-3/h4-5,7,9-11,13H,6,8,12H2,1-3H3,(H2,20,21,23). The summed E-state index contributed by atoms with van der Waals surface area (Å²) in [6, 6.07) is 14.4. The third-order valence-electron chi connectivity index (χ3n) is 3.74. The van der Waals surface area contributed by atoms with Crippen LogP contribution in [0.1, 0.15) is 23.1 Å². The number of aryl methyl sites for hydroxylation is 3. The van der Waals surface area contributed by atoms with E-state index in [9.17, 15) is 0 Å². The molecule has 2 aromatic rings. The molecule has 2 rings (SSSR count). The number of benzene rings is 2. The summed E-state index contributed by atoms with van der Waals surface area (Å²) in [5, 5.41) is 7.20. The number of methoxy groups -OCH3 is 1. The van der Waals surface area contributed by atoms with Gasteiger partial charge in [0, 0.05) is 12.2 Å². The lowest BCUT2D eigenvalue weighted by molar-refractivity contribution is 0.409. The summed E-state index contributed by atoms with van der Waals surface area (Å²) in [5.74, 6) is 0.948. The van der Waals surface area contributed by atoms with Gasteiger partial charge in [-0.25, -0.2) is 0 Å². The molecule has 0 radical (unpaired) electrons. The van der Waals surface area contributed by atoms with Crippen molar-refractivity contribution in [3.05, 3.63) is 59.2 Å². The molecule has 4 heteroatoms. The molecule has 0 spiro atoms. The Hall–Kier alpha value is -2.07. The topological polar surface area (TPSA) is 33.3 Å². The summed E-state index contributed by atoms with van der Waals surface area (Å²) in [5.41, 5.74) is 4.70. The van der Waals surface area contributed by atoms with Gasteiger partial charge in [0.2, 0.25) is 0 Å². The summed E-state index contributed by atoms with van der Waals surface area (Å²) in [4.78, 5) is 0. The van der Waals surface area contributed by atoms with E-state index in [0.29, 0.717) is 5.11 Å². The van der Waals surface area contributed by atoms with Crippen LogP contribution < -0.4 is 15.4 Å². The summed E-state index contributed by atoms with van der Waals surface area (Å²) >= 11 is 5.37. The minimum absolute atomic E-state index is 0.665. The van der Waals surface area contributed by atoms with Gasteiger partial charge in [0.1, 0.15) is 5.75 Å². The van der Waals surface area contributed by atoms with Crippen LogP contribution in [0.2, 0.25) is 0 Å². The number of para-hydroxylation sites is 1. The third kappa shape index (κ3) is 5.25. The second kappa shape index (κ2) is 8.53. The van der Waals surface area contributed by atoms with Crippen molar-refractivity contribution in [3.8, 4) is 5.75 Å². The molecule has 0 atom stereocenters. The number of hydrogen-bond donors (Lipinski definition) is 2. The van der Waals surface area contributed by atoms with Crippen LogP contribution in [0.25, 0.3) is 0 Å². The van der Waals surface area contributed by atoms with Crippen LogP contribution in [0.5, 0.6) is 5.75 Å². The lowest BCUT2D eigenvalue weighted by Gasteiger charge is -2.13. The zero-order valence-corrected chi connectivity index (χ0v) is 14.8. The highest BCUT2D eigenvalue weighted by atomic mass is 32.1. The van der Waals surface area contributed by atoms with Gasteiger partial charge < -0.3 is 15.4 Å². The van der Waals surface area contributed by atoms with Crippen molar-refractivity contribution in [3.63, 3.8) is 0 Å². The maximum Gasteiger partial charge on any atom is 0.170 e. The SMILES string of the molecule is COc1ccccc1CCCNC(=S)Nc1cc(C)ccc1C.